The van der Waals surface area contributed by atoms with Crippen molar-refractivity contribution in [3.63, 3.8) is 0 Å². The Hall–Kier alpha value is -2.17. The highest BCUT2D eigenvalue weighted by atomic mass is 16.5. The monoisotopic (exact) mass is 437 g/mol. The Labute approximate surface area is 193 Å². The summed E-state index contributed by atoms with van der Waals surface area (Å²) < 4.78 is 11.3. The molecule has 1 atom stereocenters. The summed E-state index contributed by atoms with van der Waals surface area (Å²) in [5.41, 5.74) is 5.10. The van der Waals surface area contributed by atoms with Crippen molar-refractivity contribution >= 4 is 5.97 Å². The van der Waals surface area contributed by atoms with Crippen LogP contribution in [-0.2, 0) is 27.3 Å². The van der Waals surface area contributed by atoms with Crippen LogP contribution in [0.15, 0.2) is 48.5 Å². The summed E-state index contributed by atoms with van der Waals surface area (Å²) >= 11 is 0. The number of carbonyl (C=O) groups excluding carboxylic acids is 1. The number of piperidine rings is 1. The molecule has 1 aliphatic rings. The number of hydrogen-bond acceptors (Lipinski definition) is 4. The summed E-state index contributed by atoms with van der Waals surface area (Å²) in [5.74, 6) is -0.0734. The molecule has 0 amide bonds. The van der Waals surface area contributed by atoms with E-state index in [9.17, 15) is 4.79 Å². The minimum Gasteiger partial charge on any atom is -0.466 e. The molecule has 2 aromatic rings. The number of likely N-dealkylation sites (tertiary alicyclic amines) is 1. The van der Waals surface area contributed by atoms with Gasteiger partial charge in [-0.05, 0) is 67.7 Å². The van der Waals surface area contributed by atoms with Crippen molar-refractivity contribution in [3.05, 3.63) is 59.7 Å². The second-order valence-electron chi connectivity index (χ2n) is 8.66. The van der Waals surface area contributed by atoms with E-state index in [1.165, 1.54) is 35.1 Å². The van der Waals surface area contributed by atoms with E-state index in [-0.39, 0.29) is 12.2 Å². The van der Waals surface area contributed by atoms with Crippen molar-refractivity contribution < 1.29 is 14.3 Å². The molecule has 1 heterocycles. The summed E-state index contributed by atoms with van der Waals surface area (Å²) in [6.07, 6.45) is 8.46. The first-order valence-corrected chi connectivity index (χ1v) is 12.4. The van der Waals surface area contributed by atoms with Crippen LogP contribution in [0.3, 0.4) is 0 Å². The molecule has 0 spiro atoms. The zero-order valence-corrected chi connectivity index (χ0v) is 19.9. The van der Waals surface area contributed by atoms with Gasteiger partial charge in [-0.2, -0.15) is 0 Å². The van der Waals surface area contributed by atoms with E-state index in [2.05, 4.69) is 60.4 Å². The lowest BCUT2D eigenvalue weighted by molar-refractivity contribution is -0.143. The number of unbranched alkanes of at least 4 members (excludes halogenated alkanes) is 2. The molecule has 0 saturated carbocycles. The SMILES string of the molecule is CCOC(=O)CCCCCN1CCCCC1OCc1ccc(-c2ccc(CC)cc2)cc1. The Balaban J connectivity index is 1.43. The largest absolute Gasteiger partial charge is 0.466 e. The molecule has 4 nitrogen and oxygen atoms in total. The first-order valence-electron chi connectivity index (χ1n) is 12.4. The Morgan fingerprint density at radius 2 is 1.59 bits per heavy atom. The Morgan fingerprint density at radius 1 is 0.906 bits per heavy atom. The van der Waals surface area contributed by atoms with Crippen molar-refractivity contribution in [2.75, 3.05) is 19.7 Å². The van der Waals surface area contributed by atoms with Gasteiger partial charge < -0.3 is 9.47 Å². The molecule has 4 heteroatoms. The van der Waals surface area contributed by atoms with Crippen LogP contribution in [0.5, 0.6) is 0 Å². The van der Waals surface area contributed by atoms with Gasteiger partial charge in [0.15, 0.2) is 0 Å². The van der Waals surface area contributed by atoms with Crippen LogP contribution in [0, 0.1) is 0 Å². The molecule has 32 heavy (non-hydrogen) atoms. The number of carbonyl (C=O) groups is 1. The van der Waals surface area contributed by atoms with Crippen molar-refractivity contribution in [1.29, 1.82) is 0 Å². The Kier molecular flexibility index (Phi) is 10.2. The second-order valence-corrected chi connectivity index (χ2v) is 8.66. The van der Waals surface area contributed by atoms with E-state index < -0.39 is 0 Å². The van der Waals surface area contributed by atoms with Gasteiger partial charge in [-0.3, -0.25) is 9.69 Å². The van der Waals surface area contributed by atoms with Gasteiger partial charge in [0, 0.05) is 19.5 Å². The summed E-state index contributed by atoms with van der Waals surface area (Å²) in [4.78, 5) is 13.9. The summed E-state index contributed by atoms with van der Waals surface area (Å²) in [6, 6.07) is 17.6. The molecule has 0 aliphatic carbocycles. The minimum atomic E-state index is -0.0734. The lowest BCUT2D eigenvalue weighted by Gasteiger charge is -2.35. The van der Waals surface area contributed by atoms with Crippen LogP contribution in [0.25, 0.3) is 11.1 Å². The lowest BCUT2D eigenvalue weighted by Crippen LogP contribution is -2.41. The van der Waals surface area contributed by atoms with E-state index in [0.29, 0.717) is 19.6 Å². The summed E-state index contributed by atoms with van der Waals surface area (Å²) in [5, 5.41) is 0. The minimum absolute atomic E-state index is 0.0734. The van der Waals surface area contributed by atoms with E-state index in [1.807, 2.05) is 6.92 Å². The van der Waals surface area contributed by atoms with Gasteiger partial charge in [0.25, 0.3) is 0 Å². The second kappa shape index (κ2) is 13.4. The van der Waals surface area contributed by atoms with Crippen LogP contribution in [0.2, 0.25) is 0 Å². The molecule has 0 N–H and O–H groups in total. The van der Waals surface area contributed by atoms with Crippen molar-refractivity contribution in [1.82, 2.24) is 4.90 Å². The Morgan fingerprint density at radius 3 is 2.25 bits per heavy atom. The highest BCUT2D eigenvalue weighted by Crippen LogP contribution is 2.23. The fourth-order valence-electron chi connectivity index (χ4n) is 4.32. The third-order valence-electron chi connectivity index (χ3n) is 6.28. The fourth-order valence-corrected chi connectivity index (χ4v) is 4.32. The van der Waals surface area contributed by atoms with E-state index in [1.54, 1.807) is 0 Å². The zero-order chi connectivity index (χ0) is 22.6. The zero-order valence-electron chi connectivity index (χ0n) is 19.9. The molecular formula is C28H39NO3. The van der Waals surface area contributed by atoms with Crippen molar-refractivity contribution in [3.8, 4) is 11.1 Å². The average Bonchev–Trinajstić information content (AvgIpc) is 2.84. The van der Waals surface area contributed by atoms with Gasteiger partial charge in [-0.25, -0.2) is 0 Å². The van der Waals surface area contributed by atoms with Gasteiger partial charge in [-0.15, -0.1) is 0 Å². The van der Waals surface area contributed by atoms with Crippen LogP contribution in [-0.4, -0.2) is 36.8 Å². The predicted octanol–water partition coefficient (Wildman–Crippen LogP) is 6.37. The average molecular weight is 438 g/mol. The number of hydrogen-bond donors (Lipinski definition) is 0. The summed E-state index contributed by atoms with van der Waals surface area (Å²) in [7, 11) is 0. The number of nitrogens with zero attached hydrogens (tertiary/aromatic N) is 1. The number of ether oxygens (including phenoxy) is 2. The smallest absolute Gasteiger partial charge is 0.305 e. The van der Waals surface area contributed by atoms with E-state index >= 15 is 0 Å². The number of aryl methyl sites for hydroxylation is 1. The first-order chi connectivity index (χ1) is 15.7. The number of esters is 1. The van der Waals surface area contributed by atoms with Gasteiger partial charge in [0.1, 0.15) is 6.23 Å². The number of rotatable bonds is 12. The van der Waals surface area contributed by atoms with Crippen molar-refractivity contribution in [2.24, 2.45) is 0 Å². The number of benzene rings is 2. The maximum Gasteiger partial charge on any atom is 0.305 e. The molecule has 174 valence electrons. The molecule has 1 fully saturated rings. The maximum absolute atomic E-state index is 11.5. The first kappa shape index (κ1) is 24.5. The summed E-state index contributed by atoms with van der Waals surface area (Å²) in [6.45, 7) is 7.31. The molecule has 1 saturated heterocycles. The van der Waals surface area contributed by atoms with Gasteiger partial charge in [-0.1, -0.05) is 61.9 Å². The quantitative estimate of drug-likeness (QED) is 0.286. The van der Waals surface area contributed by atoms with Crippen LogP contribution in [0.4, 0.5) is 0 Å². The third-order valence-corrected chi connectivity index (χ3v) is 6.28. The standard InChI is InChI=1S/C28H39NO3/c1-3-23-12-16-25(17-13-23)26-18-14-24(15-19-26)22-32-27-10-7-9-21-29(27)20-8-5-6-11-28(30)31-4-2/h12-19,27H,3-11,20-22H2,1-2H3. The molecule has 1 unspecified atom stereocenters. The van der Waals surface area contributed by atoms with Crippen LogP contribution >= 0.6 is 0 Å². The highest BCUT2D eigenvalue weighted by molar-refractivity contribution is 5.69. The third kappa shape index (κ3) is 7.75. The maximum atomic E-state index is 11.5. The Bertz CT molecular complexity index is 800. The normalized spacial score (nSPS) is 16.8. The predicted molar refractivity (Wildman–Crippen MR) is 130 cm³/mol. The van der Waals surface area contributed by atoms with E-state index in [0.717, 1.165) is 45.2 Å². The molecule has 3 rings (SSSR count). The molecule has 0 aromatic heterocycles. The van der Waals surface area contributed by atoms with Crippen LogP contribution in [0.1, 0.15) is 69.9 Å². The molecule has 0 bridgehead atoms. The van der Waals surface area contributed by atoms with Crippen LogP contribution < -0.4 is 0 Å². The van der Waals surface area contributed by atoms with E-state index in [4.69, 9.17) is 9.47 Å². The highest BCUT2D eigenvalue weighted by Gasteiger charge is 2.22. The topological polar surface area (TPSA) is 38.8 Å². The van der Waals surface area contributed by atoms with Crippen molar-refractivity contribution in [2.45, 2.75) is 78.0 Å². The molecule has 1 aliphatic heterocycles. The molecular weight excluding hydrogens is 398 g/mol. The fraction of sp³-hybridized carbons (Fsp3) is 0.536. The van der Waals surface area contributed by atoms with Gasteiger partial charge >= 0.3 is 5.97 Å². The van der Waals surface area contributed by atoms with Gasteiger partial charge in [0.2, 0.25) is 0 Å². The van der Waals surface area contributed by atoms with Gasteiger partial charge in [0.05, 0.1) is 13.2 Å². The lowest BCUT2D eigenvalue weighted by atomic mass is 10.0. The molecule has 2 aromatic carbocycles. The molecule has 0 radical (unpaired) electrons.